The number of aryl methyl sites for hydroxylation is 3. The van der Waals surface area contributed by atoms with Gasteiger partial charge in [-0.2, -0.15) is 0 Å². The third-order valence-electron chi connectivity index (χ3n) is 3.52. The quantitative estimate of drug-likeness (QED) is 0.847. The minimum absolute atomic E-state index is 0.157. The van der Waals surface area contributed by atoms with Crippen molar-refractivity contribution < 1.29 is 4.39 Å². The molecule has 1 atom stereocenters. The summed E-state index contributed by atoms with van der Waals surface area (Å²) in [6.07, 6.45) is 0. The van der Waals surface area contributed by atoms with Crippen LogP contribution in [0.1, 0.15) is 33.9 Å². The number of nitrogens with one attached hydrogen (secondary N) is 1. The maximum Gasteiger partial charge on any atom is 0.128 e. The fourth-order valence-electron chi connectivity index (χ4n) is 2.63. The van der Waals surface area contributed by atoms with Crippen molar-refractivity contribution in [3.05, 3.63) is 68.4 Å². The Labute approximate surface area is 128 Å². The van der Waals surface area contributed by atoms with Gasteiger partial charge in [-0.25, -0.2) is 4.39 Å². The molecule has 0 aliphatic carbocycles. The van der Waals surface area contributed by atoms with E-state index in [4.69, 9.17) is 0 Å². The van der Waals surface area contributed by atoms with Crippen molar-refractivity contribution >= 4 is 15.9 Å². The van der Waals surface area contributed by atoms with Crippen molar-refractivity contribution in [2.24, 2.45) is 0 Å². The van der Waals surface area contributed by atoms with Crippen molar-refractivity contribution in [3.8, 4) is 0 Å². The lowest BCUT2D eigenvalue weighted by Crippen LogP contribution is -2.21. The molecule has 1 nitrogen and oxygen atoms in total. The summed E-state index contributed by atoms with van der Waals surface area (Å²) in [4.78, 5) is 0. The van der Waals surface area contributed by atoms with Crippen molar-refractivity contribution in [1.29, 1.82) is 0 Å². The molecule has 1 unspecified atom stereocenters. The van der Waals surface area contributed by atoms with Crippen LogP contribution in [0.3, 0.4) is 0 Å². The van der Waals surface area contributed by atoms with Gasteiger partial charge < -0.3 is 5.32 Å². The molecule has 2 aromatic carbocycles. The Morgan fingerprint density at radius 2 is 1.75 bits per heavy atom. The fourth-order valence-corrected chi connectivity index (χ4v) is 3.11. The molecular formula is C17H19BrFN. The summed E-state index contributed by atoms with van der Waals surface area (Å²) >= 11 is 3.57. The molecule has 0 saturated heterocycles. The van der Waals surface area contributed by atoms with E-state index in [-0.39, 0.29) is 11.9 Å². The van der Waals surface area contributed by atoms with Gasteiger partial charge in [-0.15, -0.1) is 0 Å². The SMILES string of the molecule is CNC(c1cc(C)ccc1Br)c1c(C)cc(C)cc1F. The van der Waals surface area contributed by atoms with Crippen LogP contribution in [0.5, 0.6) is 0 Å². The minimum atomic E-state index is -0.162. The maximum atomic E-state index is 14.4. The molecule has 0 aliphatic rings. The summed E-state index contributed by atoms with van der Waals surface area (Å²) < 4.78 is 15.4. The highest BCUT2D eigenvalue weighted by Gasteiger charge is 2.21. The molecule has 1 N–H and O–H groups in total. The maximum absolute atomic E-state index is 14.4. The highest BCUT2D eigenvalue weighted by molar-refractivity contribution is 9.10. The molecule has 0 bridgehead atoms. The minimum Gasteiger partial charge on any atom is -0.309 e. The average Bonchev–Trinajstić information content (AvgIpc) is 2.37. The topological polar surface area (TPSA) is 12.0 Å². The predicted octanol–water partition coefficient (Wildman–Crippen LogP) is 4.82. The van der Waals surface area contributed by atoms with Gasteiger partial charge in [0.15, 0.2) is 0 Å². The zero-order valence-electron chi connectivity index (χ0n) is 12.2. The first-order chi connectivity index (χ1) is 9.43. The fraction of sp³-hybridized carbons (Fsp3) is 0.294. The molecule has 0 heterocycles. The number of hydrogen-bond donors (Lipinski definition) is 1. The van der Waals surface area contributed by atoms with Crippen LogP contribution in [0.15, 0.2) is 34.8 Å². The number of rotatable bonds is 3. The number of halogens is 2. The molecule has 0 fully saturated rings. The molecule has 20 heavy (non-hydrogen) atoms. The lowest BCUT2D eigenvalue weighted by atomic mass is 9.92. The molecule has 0 aliphatic heterocycles. The summed E-state index contributed by atoms with van der Waals surface area (Å²) in [5.74, 6) is -0.157. The Kier molecular flexibility index (Phi) is 4.61. The Hall–Kier alpha value is -1.19. The van der Waals surface area contributed by atoms with E-state index in [2.05, 4.69) is 27.3 Å². The molecule has 0 aromatic heterocycles. The first-order valence-corrected chi connectivity index (χ1v) is 7.43. The van der Waals surface area contributed by atoms with Gasteiger partial charge in [0.2, 0.25) is 0 Å². The van der Waals surface area contributed by atoms with Crippen molar-refractivity contribution in [2.75, 3.05) is 7.05 Å². The molecule has 3 heteroatoms. The Bertz CT molecular complexity index is 614. The summed E-state index contributed by atoms with van der Waals surface area (Å²) in [6.45, 7) is 5.91. The molecule has 0 amide bonds. The third kappa shape index (κ3) is 2.94. The smallest absolute Gasteiger partial charge is 0.128 e. The monoisotopic (exact) mass is 335 g/mol. The zero-order chi connectivity index (χ0) is 14.9. The van der Waals surface area contributed by atoms with Gasteiger partial charge in [0.05, 0.1) is 6.04 Å². The van der Waals surface area contributed by atoms with Gasteiger partial charge >= 0.3 is 0 Å². The Balaban J connectivity index is 2.61. The Morgan fingerprint density at radius 3 is 2.35 bits per heavy atom. The van der Waals surface area contributed by atoms with Crippen LogP contribution in [-0.2, 0) is 0 Å². The van der Waals surface area contributed by atoms with Gasteiger partial charge in [0.25, 0.3) is 0 Å². The highest BCUT2D eigenvalue weighted by atomic mass is 79.9. The molecule has 0 spiro atoms. The largest absolute Gasteiger partial charge is 0.309 e. The lowest BCUT2D eigenvalue weighted by molar-refractivity contribution is 0.571. The Morgan fingerprint density at radius 1 is 1.05 bits per heavy atom. The first-order valence-electron chi connectivity index (χ1n) is 6.64. The second-order valence-corrected chi connectivity index (χ2v) is 6.08. The van der Waals surface area contributed by atoms with E-state index >= 15 is 0 Å². The van der Waals surface area contributed by atoms with Gasteiger partial charge in [-0.3, -0.25) is 0 Å². The number of benzene rings is 2. The third-order valence-corrected chi connectivity index (χ3v) is 4.24. The van der Waals surface area contributed by atoms with E-state index in [1.165, 1.54) is 0 Å². The van der Waals surface area contributed by atoms with Crippen LogP contribution < -0.4 is 5.32 Å². The summed E-state index contributed by atoms with van der Waals surface area (Å²) in [6, 6.07) is 9.59. The van der Waals surface area contributed by atoms with Crippen molar-refractivity contribution in [3.63, 3.8) is 0 Å². The normalized spacial score (nSPS) is 12.5. The summed E-state index contributed by atoms with van der Waals surface area (Å²) in [5.41, 5.74) is 4.84. The molecule has 0 radical (unpaired) electrons. The van der Waals surface area contributed by atoms with E-state index in [1.54, 1.807) is 6.07 Å². The van der Waals surface area contributed by atoms with Gasteiger partial charge in [0.1, 0.15) is 5.82 Å². The molecule has 2 aromatic rings. The van der Waals surface area contributed by atoms with Gasteiger partial charge in [-0.1, -0.05) is 39.7 Å². The van der Waals surface area contributed by atoms with Crippen LogP contribution >= 0.6 is 15.9 Å². The van der Waals surface area contributed by atoms with Crippen molar-refractivity contribution in [1.82, 2.24) is 5.32 Å². The molecule has 0 saturated carbocycles. The second-order valence-electron chi connectivity index (χ2n) is 5.22. The summed E-state index contributed by atoms with van der Waals surface area (Å²) in [7, 11) is 1.86. The van der Waals surface area contributed by atoms with E-state index in [0.29, 0.717) is 5.56 Å². The first kappa shape index (κ1) is 15.2. The standard InChI is InChI=1S/C17H19BrFN/c1-10-5-6-14(18)13(8-10)17(20-4)16-12(3)7-11(2)9-15(16)19/h5-9,17,20H,1-4H3. The second kappa shape index (κ2) is 6.06. The average molecular weight is 336 g/mol. The van der Waals surface area contributed by atoms with Gasteiger partial charge in [-0.05, 0) is 56.6 Å². The molecule has 106 valence electrons. The summed E-state index contributed by atoms with van der Waals surface area (Å²) in [5, 5.41) is 3.23. The van der Waals surface area contributed by atoms with Crippen LogP contribution in [0.25, 0.3) is 0 Å². The predicted molar refractivity (Wildman–Crippen MR) is 85.7 cm³/mol. The van der Waals surface area contributed by atoms with E-state index in [9.17, 15) is 4.39 Å². The molecular weight excluding hydrogens is 317 g/mol. The highest BCUT2D eigenvalue weighted by Crippen LogP contribution is 2.32. The van der Waals surface area contributed by atoms with Crippen LogP contribution in [0.2, 0.25) is 0 Å². The lowest BCUT2D eigenvalue weighted by Gasteiger charge is -2.22. The van der Waals surface area contributed by atoms with Gasteiger partial charge in [0, 0.05) is 10.0 Å². The zero-order valence-corrected chi connectivity index (χ0v) is 13.8. The molecule has 2 rings (SSSR count). The van der Waals surface area contributed by atoms with E-state index in [0.717, 1.165) is 26.7 Å². The number of hydrogen-bond acceptors (Lipinski definition) is 1. The van der Waals surface area contributed by atoms with Crippen LogP contribution in [-0.4, -0.2) is 7.05 Å². The van der Waals surface area contributed by atoms with Crippen LogP contribution in [0.4, 0.5) is 4.39 Å². The van der Waals surface area contributed by atoms with Crippen molar-refractivity contribution in [2.45, 2.75) is 26.8 Å². The van der Waals surface area contributed by atoms with E-state index in [1.807, 2.05) is 46.0 Å². The van der Waals surface area contributed by atoms with E-state index < -0.39 is 0 Å². The van der Waals surface area contributed by atoms with Crippen LogP contribution in [0, 0.1) is 26.6 Å².